The average molecular weight is 786 g/mol. The molecule has 0 saturated carbocycles. The van der Waals surface area contributed by atoms with E-state index in [0.717, 1.165) is 89.0 Å². The van der Waals surface area contributed by atoms with Gasteiger partial charge in [0.15, 0.2) is 0 Å². The third-order valence-corrected chi connectivity index (χ3v) is 12.4. The standard InChI is InChI=1S/C43H51N3O7S2/c1-8-9-25-46-39-23-22-36(55(50,51)52)27-38(39)43(6,7)40(46)24-18-33-12-10-11-32(41(33)53-34-19-15-31(16-20-34)28-45-44)17-14-30(3)42(4,5)37-26-35(54(47,48)49)21-13-29(37)2/h13-24,26-27,44H,3,8-12,25,28H2,1-2,4-7H3,(H,47,48,49)(H,50,51,52)/b17-14+,33-18+,40-24+,45-44?. The van der Waals surface area contributed by atoms with E-state index < -0.39 is 31.1 Å². The van der Waals surface area contributed by atoms with Crippen molar-refractivity contribution < 1.29 is 30.7 Å². The summed E-state index contributed by atoms with van der Waals surface area (Å²) in [5, 5.41) is 3.49. The highest BCUT2D eigenvalue weighted by Crippen LogP contribution is 2.49. The smallest absolute Gasteiger partial charge is 0.294 e. The molecule has 3 aromatic rings. The number of hydrogen-bond acceptors (Lipinski definition) is 8. The molecule has 0 fully saturated rings. The summed E-state index contributed by atoms with van der Waals surface area (Å²) in [4.78, 5) is 1.93. The molecule has 1 aliphatic heterocycles. The van der Waals surface area contributed by atoms with Crippen LogP contribution in [-0.2, 0) is 37.6 Å². The van der Waals surface area contributed by atoms with Crippen molar-refractivity contribution in [3.63, 3.8) is 0 Å². The number of nitrogens with one attached hydrogen (secondary N) is 1. The number of aryl methyl sites for hydroxylation is 1. The topological polar surface area (TPSA) is 157 Å². The summed E-state index contributed by atoms with van der Waals surface area (Å²) < 4.78 is 74.5. The molecule has 0 radical (unpaired) electrons. The Morgan fingerprint density at radius 3 is 2.27 bits per heavy atom. The molecular formula is C43H51N3O7S2. The minimum atomic E-state index is -4.39. The molecule has 0 aromatic heterocycles. The molecule has 55 heavy (non-hydrogen) atoms. The van der Waals surface area contributed by atoms with Crippen molar-refractivity contribution in [1.29, 1.82) is 5.53 Å². The van der Waals surface area contributed by atoms with E-state index in [-0.39, 0.29) is 16.3 Å². The molecule has 10 nitrogen and oxygen atoms in total. The number of benzene rings is 3. The normalized spacial score (nSPS) is 17.6. The Morgan fingerprint density at radius 1 is 0.982 bits per heavy atom. The minimum Gasteiger partial charge on any atom is -0.457 e. The van der Waals surface area contributed by atoms with Gasteiger partial charge in [-0.25, -0.2) is 5.53 Å². The second kappa shape index (κ2) is 16.2. The Morgan fingerprint density at radius 2 is 1.64 bits per heavy atom. The average Bonchev–Trinajstić information content (AvgIpc) is 3.33. The number of allylic oxidation sites excluding steroid dienone is 8. The molecule has 0 spiro atoms. The van der Waals surface area contributed by atoms with Gasteiger partial charge in [0.25, 0.3) is 20.2 Å². The molecular weight excluding hydrogens is 735 g/mol. The Kier molecular flexibility index (Phi) is 12.3. The van der Waals surface area contributed by atoms with Gasteiger partial charge in [0.05, 0.1) is 16.3 Å². The SMILES string of the molecule is C=C(/C=C/C1=C(Oc2ccc(CN=N)cc2)C(=C/C=C2/N(CCCC)c3ccc(S(=O)(=O)O)cc3C2(C)C)/CCC1)C(C)(C)c1cc(S(=O)(=O)O)ccc1C. The van der Waals surface area contributed by atoms with Crippen molar-refractivity contribution in [2.45, 2.75) is 101 Å². The number of unbranched alkanes of at least 4 members (excludes halogenated alkanes) is 1. The van der Waals surface area contributed by atoms with Crippen LogP contribution in [0.2, 0.25) is 0 Å². The van der Waals surface area contributed by atoms with Crippen LogP contribution in [0.1, 0.15) is 89.0 Å². The van der Waals surface area contributed by atoms with Crippen molar-refractivity contribution in [3.8, 4) is 5.75 Å². The van der Waals surface area contributed by atoms with Gasteiger partial charge in [-0.3, -0.25) is 9.11 Å². The van der Waals surface area contributed by atoms with E-state index in [9.17, 15) is 25.9 Å². The van der Waals surface area contributed by atoms with E-state index in [4.69, 9.17) is 10.3 Å². The van der Waals surface area contributed by atoms with Crippen LogP contribution in [0.3, 0.4) is 0 Å². The summed E-state index contributed by atoms with van der Waals surface area (Å²) in [6, 6.07) is 16.9. The van der Waals surface area contributed by atoms with Gasteiger partial charge >= 0.3 is 0 Å². The molecule has 3 N–H and O–H groups in total. The molecule has 12 heteroatoms. The molecule has 5 rings (SSSR count). The maximum Gasteiger partial charge on any atom is 0.294 e. The zero-order valence-corrected chi connectivity index (χ0v) is 34.0. The molecule has 0 bridgehead atoms. The second-order valence-electron chi connectivity index (χ2n) is 15.2. The molecule has 1 heterocycles. The largest absolute Gasteiger partial charge is 0.457 e. The number of ether oxygens (including phenoxy) is 1. The van der Waals surface area contributed by atoms with Gasteiger partial charge in [-0.15, -0.1) is 0 Å². The van der Waals surface area contributed by atoms with Crippen molar-refractivity contribution in [2.75, 3.05) is 11.4 Å². The molecule has 1 aliphatic carbocycles. The lowest BCUT2D eigenvalue weighted by Crippen LogP contribution is -2.27. The number of anilines is 1. The first-order valence-corrected chi connectivity index (χ1v) is 21.3. The first kappa shape index (κ1) is 41.5. The first-order valence-electron chi connectivity index (χ1n) is 18.4. The zero-order chi connectivity index (χ0) is 40.3. The summed E-state index contributed by atoms with van der Waals surface area (Å²) in [7, 11) is -8.78. The summed E-state index contributed by atoms with van der Waals surface area (Å²) >= 11 is 0. The van der Waals surface area contributed by atoms with Crippen LogP contribution in [0.15, 0.2) is 135 Å². The van der Waals surface area contributed by atoms with Gasteiger partial charge in [0, 0.05) is 28.8 Å². The Hall–Kier alpha value is -4.62. The highest BCUT2D eigenvalue weighted by molar-refractivity contribution is 7.86. The summed E-state index contributed by atoms with van der Waals surface area (Å²) in [5.74, 6) is 1.33. The first-order chi connectivity index (χ1) is 25.8. The summed E-state index contributed by atoms with van der Waals surface area (Å²) in [6.07, 6.45) is 12.4. The highest BCUT2D eigenvalue weighted by Gasteiger charge is 2.40. The van der Waals surface area contributed by atoms with Crippen LogP contribution in [0, 0.1) is 12.5 Å². The lowest BCUT2D eigenvalue weighted by Gasteiger charge is -2.29. The lowest BCUT2D eigenvalue weighted by molar-refractivity contribution is 0.415. The van der Waals surface area contributed by atoms with Gasteiger partial charge in [-0.05, 0) is 120 Å². The Labute approximate surface area is 326 Å². The Bertz CT molecular complexity index is 2330. The van der Waals surface area contributed by atoms with Crippen LogP contribution in [0.4, 0.5) is 5.69 Å². The second-order valence-corrected chi connectivity index (χ2v) is 18.1. The van der Waals surface area contributed by atoms with Crippen molar-refractivity contribution in [3.05, 3.63) is 142 Å². The monoisotopic (exact) mass is 785 g/mol. The fraction of sp³-hybridized carbons (Fsp3) is 0.349. The fourth-order valence-electron chi connectivity index (χ4n) is 7.29. The van der Waals surface area contributed by atoms with E-state index >= 15 is 0 Å². The van der Waals surface area contributed by atoms with Crippen LogP contribution in [-0.4, -0.2) is 32.5 Å². The van der Waals surface area contributed by atoms with Gasteiger partial charge < -0.3 is 9.64 Å². The van der Waals surface area contributed by atoms with Crippen LogP contribution < -0.4 is 9.64 Å². The van der Waals surface area contributed by atoms with E-state index in [0.29, 0.717) is 11.5 Å². The number of fused-ring (bicyclic) bond motifs is 1. The Balaban J connectivity index is 1.59. The van der Waals surface area contributed by atoms with Crippen LogP contribution >= 0.6 is 0 Å². The third kappa shape index (κ3) is 9.10. The molecule has 0 atom stereocenters. The quantitative estimate of drug-likeness (QED) is 0.0828. The molecule has 0 unspecified atom stereocenters. The summed E-state index contributed by atoms with van der Waals surface area (Å²) in [6.45, 7) is 17.5. The molecule has 2 aliphatic rings. The van der Waals surface area contributed by atoms with Crippen LogP contribution in [0.5, 0.6) is 5.75 Å². The van der Waals surface area contributed by atoms with Crippen molar-refractivity contribution >= 4 is 25.9 Å². The van der Waals surface area contributed by atoms with Crippen molar-refractivity contribution in [1.82, 2.24) is 0 Å². The van der Waals surface area contributed by atoms with E-state index in [1.165, 1.54) is 18.2 Å². The maximum atomic E-state index is 12.1. The predicted molar refractivity (Wildman–Crippen MR) is 217 cm³/mol. The molecule has 0 saturated heterocycles. The predicted octanol–water partition coefficient (Wildman–Crippen LogP) is 10.3. The lowest BCUT2D eigenvalue weighted by atomic mass is 9.76. The van der Waals surface area contributed by atoms with Gasteiger partial charge in [-0.1, -0.05) is 84.0 Å². The van der Waals surface area contributed by atoms with Crippen molar-refractivity contribution in [2.24, 2.45) is 5.11 Å². The van der Waals surface area contributed by atoms with E-state index in [1.54, 1.807) is 18.2 Å². The number of hydrogen-bond donors (Lipinski definition) is 3. The van der Waals surface area contributed by atoms with Gasteiger partial charge in [0.2, 0.25) is 0 Å². The zero-order valence-electron chi connectivity index (χ0n) is 32.4. The number of nitrogens with zero attached hydrogens (tertiary/aromatic N) is 2. The van der Waals surface area contributed by atoms with E-state index in [2.05, 4.69) is 49.5 Å². The third-order valence-electron chi connectivity index (χ3n) is 10.7. The fourth-order valence-corrected chi connectivity index (χ4v) is 8.31. The molecule has 0 amide bonds. The van der Waals surface area contributed by atoms with Crippen LogP contribution in [0.25, 0.3) is 0 Å². The summed E-state index contributed by atoms with van der Waals surface area (Å²) in [5.41, 5.74) is 13.9. The number of rotatable bonds is 14. The highest BCUT2D eigenvalue weighted by atomic mass is 32.2. The van der Waals surface area contributed by atoms with Gasteiger partial charge in [-0.2, -0.15) is 21.9 Å². The molecule has 292 valence electrons. The van der Waals surface area contributed by atoms with E-state index in [1.807, 2.05) is 57.2 Å². The maximum absolute atomic E-state index is 12.1. The van der Waals surface area contributed by atoms with Gasteiger partial charge in [0.1, 0.15) is 11.5 Å². The minimum absolute atomic E-state index is 0.134. The molecule has 3 aromatic carbocycles.